The van der Waals surface area contributed by atoms with Crippen molar-refractivity contribution in [1.82, 2.24) is 9.78 Å². The molecule has 0 spiro atoms. The molecular weight excluding hydrogens is 466 g/mol. The lowest BCUT2D eigenvalue weighted by molar-refractivity contribution is -0.132. The lowest BCUT2D eigenvalue weighted by Gasteiger charge is -2.11. The quantitative estimate of drug-likeness (QED) is 0.271. The van der Waals surface area contributed by atoms with E-state index in [1.807, 2.05) is 74.5 Å². The summed E-state index contributed by atoms with van der Waals surface area (Å²) in [5, 5.41) is 7.77. The van der Waals surface area contributed by atoms with Gasteiger partial charge in [-0.1, -0.05) is 54.1 Å². The van der Waals surface area contributed by atoms with E-state index >= 15 is 0 Å². The van der Waals surface area contributed by atoms with Crippen LogP contribution >= 0.6 is 0 Å². The summed E-state index contributed by atoms with van der Waals surface area (Å²) in [5.41, 5.74) is 6.50. The first-order valence-electron chi connectivity index (χ1n) is 11.8. The lowest BCUT2D eigenvalue weighted by atomic mass is 10.00. The standard InChI is InChI=1S/C30H25N3O4/c1-19-8-6-10-23(18-19)28-27(22-13-15-24(16-14-22)31-29(35)26-12-7-17-36-26)30(37-21(3)34)33(32-28)25-11-5-4-9-20(25)2/h4-18H,1-3H3,(H,31,35). The molecule has 0 saturated heterocycles. The molecule has 0 unspecified atom stereocenters. The number of para-hydroxylation sites is 1. The molecule has 1 N–H and O–H groups in total. The molecule has 7 nitrogen and oxygen atoms in total. The van der Waals surface area contributed by atoms with E-state index in [-0.39, 0.29) is 11.7 Å². The predicted octanol–water partition coefficient (Wildman–Crippen LogP) is 6.59. The predicted molar refractivity (Wildman–Crippen MR) is 142 cm³/mol. The van der Waals surface area contributed by atoms with E-state index in [0.29, 0.717) is 22.8 Å². The number of amides is 1. The van der Waals surface area contributed by atoms with E-state index in [4.69, 9.17) is 14.3 Å². The summed E-state index contributed by atoms with van der Waals surface area (Å²) < 4.78 is 12.6. The number of ether oxygens (including phenoxy) is 1. The zero-order valence-electron chi connectivity index (χ0n) is 20.7. The second-order valence-electron chi connectivity index (χ2n) is 8.70. The summed E-state index contributed by atoms with van der Waals surface area (Å²) in [5.74, 6) is -0.242. The second-order valence-corrected chi connectivity index (χ2v) is 8.70. The van der Waals surface area contributed by atoms with Crippen LogP contribution in [0.25, 0.3) is 28.1 Å². The summed E-state index contributed by atoms with van der Waals surface area (Å²) >= 11 is 0. The van der Waals surface area contributed by atoms with Gasteiger partial charge in [0.2, 0.25) is 5.88 Å². The van der Waals surface area contributed by atoms with Gasteiger partial charge in [-0.2, -0.15) is 9.78 Å². The van der Waals surface area contributed by atoms with E-state index in [2.05, 4.69) is 5.32 Å². The van der Waals surface area contributed by atoms with Gasteiger partial charge in [0.05, 0.1) is 17.5 Å². The highest BCUT2D eigenvalue weighted by Crippen LogP contribution is 2.41. The number of esters is 1. The topological polar surface area (TPSA) is 86.4 Å². The van der Waals surface area contributed by atoms with Crippen LogP contribution in [0.15, 0.2) is 95.6 Å². The molecule has 0 aliphatic heterocycles. The van der Waals surface area contributed by atoms with E-state index in [1.54, 1.807) is 28.9 Å². The SMILES string of the molecule is CC(=O)Oc1c(-c2ccc(NC(=O)c3ccco3)cc2)c(-c2cccc(C)c2)nn1-c1ccccc1C. The number of carbonyl (C=O) groups is 2. The number of hydrogen-bond donors (Lipinski definition) is 1. The van der Waals surface area contributed by atoms with E-state index in [9.17, 15) is 9.59 Å². The molecule has 2 heterocycles. The molecule has 1 amide bonds. The Kier molecular flexibility index (Phi) is 6.43. The summed E-state index contributed by atoms with van der Waals surface area (Å²) in [7, 11) is 0. The summed E-state index contributed by atoms with van der Waals surface area (Å²) in [6.07, 6.45) is 1.45. The van der Waals surface area contributed by atoms with Gasteiger partial charge >= 0.3 is 5.97 Å². The average Bonchev–Trinajstić information content (AvgIpc) is 3.54. The van der Waals surface area contributed by atoms with Gasteiger partial charge in [0.25, 0.3) is 5.91 Å². The van der Waals surface area contributed by atoms with E-state index in [1.165, 1.54) is 13.2 Å². The van der Waals surface area contributed by atoms with Crippen molar-refractivity contribution in [1.29, 1.82) is 0 Å². The minimum absolute atomic E-state index is 0.225. The number of benzene rings is 3. The van der Waals surface area contributed by atoms with E-state index < -0.39 is 5.97 Å². The first-order chi connectivity index (χ1) is 17.9. The number of nitrogens with one attached hydrogen (secondary N) is 1. The van der Waals surface area contributed by atoms with Crippen molar-refractivity contribution >= 4 is 17.6 Å². The van der Waals surface area contributed by atoms with Gasteiger partial charge in [0.15, 0.2) is 5.76 Å². The van der Waals surface area contributed by atoms with Crippen molar-refractivity contribution in [3.05, 3.63) is 108 Å². The van der Waals surface area contributed by atoms with Crippen LogP contribution in [0.1, 0.15) is 28.6 Å². The van der Waals surface area contributed by atoms with Crippen LogP contribution in [0.3, 0.4) is 0 Å². The fraction of sp³-hybridized carbons (Fsp3) is 0.100. The zero-order chi connectivity index (χ0) is 25.9. The minimum Gasteiger partial charge on any atom is -0.459 e. The van der Waals surface area contributed by atoms with Gasteiger partial charge in [0.1, 0.15) is 5.69 Å². The van der Waals surface area contributed by atoms with Crippen LogP contribution in [-0.2, 0) is 4.79 Å². The number of nitrogens with zero attached hydrogens (tertiary/aromatic N) is 2. The maximum absolute atomic E-state index is 12.4. The third kappa shape index (κ3) is 4.92. The molecule has 0 radical (unpaired) electrons. The summed E-state index contributed by atoms with van der Waals surface area (Å²) in [4.78, 5) is 24.6. The van der Waals surface area contributed by atoms with Gasteiger partial charge < -0.3 is 14.5 Å². The largest absolute Gasteiger partial charge is 0.459 e. The Hall–Kier alpha value is -4.91. The van der Waals surface area contributed by atoms with Gasteiger partial charge in [-0.3, -0.25) is 9.59 Å². The van der Waals surface area contributed by atoms with Crippen molar-refractivity contribution in [3.63, 3.8) is 0 Å². The molecule has 0 aliphatic carbocycles. The number of rotatable bonds is 6. The number of hydrogen-bond acceptors (Lipinski definition) is 5. The molecule has 0 fully saturated rings. The average molecular weight is 492 g/mol. The zero-order valence-corrected chi connectivity index (χ0v) is 20.7. The summed E-state index contributed by atoms with van der Waals surface area (Å²) in [6.45, 7) is 5.38. The van der Waals surface area contributed by atoms with Crippen LogP contribution in [0.5, 0.6) is 5.88 Å². The van der Waals surface area contributed by atoms with Crippen LogP contribution in [-0.4, -0.2) is 21.7 Å². The van der Waals surface area contributed by atoms with Gasteiger partial charge in [-0.05, 0) is 61.4 Å². The Balaban J connectivity index is 1.66. The number of carbonyl (C=O) groups excluding carboxylic acids is 2. The molecule has 37 heavy (non-hydrogen) atoms. The molecule has 0 saturated carbocycles. The Morgan fingerprint density at radius 2 is 1.68 bits per heavy atom. The highest BCUT2D eigenvalue weighted by molar-refractivity contribution is 6.02. The third-order valence-corrected chi connectivity index (χ3v) is 5.90. The maximum atomic E-state index is 12.4. The van der Waals surface area contributed by atoms with Crippen molar-refractivity contribution in [2.45, 2.75) is 20.8 Å². The minimum atomic E-state index is -0.450. The number of aryl methyl sites for hydroxylation is 2. The van der Waals surface area contributed by atoms with E-state index in [0.717, 1.165) is 27.9 Å². The maximum Gasteiger partial charge on any atom is 0.309 e. The molecule has 3 aromatic carbocycles. The highest BCUT2D eigenvalue weighted by Gasteiger charge is 2.25. The van der Waals surface area contributed by atoms with Crippen molar-refractivity contribution in [2.75, 3.05) is 5.32 Å². The molecule has 5 aromatic rings. The molecule has 7 heteroatoms. The number of aromatic nitrogens is 2. The molecule has 0 aliphatic rings. The first-order valence-corrected chi connectivity index (χ1v) is 11.8. The molecule has 184 valence electrons. The smallest absolute Gasteiger partial charge is 0.309 e. The molecule has 0 atom stereocenters. The van der Waals surface area contributed by atoms with Gasteiger partial charge in [0, 0.05) is 18.2 Å². The molecule has 2 aromatic heterocycles. The first kappa shape index (κ1) is 23.8. The van der Waals surface area contributed by atoms with Crippen molar-refractivity contribution in [3.8, 4) is 34.0 Å². The normalized spacial score (nSPS) is 10.8. The van der Waals surface area contributed by atoms with Crippen LogP contribution in [0.4, 0.5) is 5.69 Å². The number of furan rings is 1. The fourth-order valence-corrected chi connectivity index (χ4v) is 4.17. The van der Waals surface area contributed by atoms with Crippen LogP contribution in [0.2, 0.25) is 0 Å². The Bertz CT molecular complexity index is 1580. The molecule has 0 bridgehead atoms. The molecule has 5 rings (SSSR count). The fourth-order valence-electron chi connectivity index (χ4n) is 4.17. The Morgan fingerprint density at radius 1 is 0.892 bits per heavy atom. The van der Waals surface area contributed by atoms with Crippen molar-refractivity contribution < 1.29 is 18.7 Å². The summed E-state index contributed by atoms with van der Waals surface area (Å²) in [6, 6.07) is 26.4. The van der Waals surface area contributed by atoms with Crippen LogP contribution < -0.4 is 10.1 Å². The second kappa shape index (κ2) is 9.99. The van der Waals surface area contributed by atoms with Crippen molar-refractivity contribution in [2.24, 2.45) is 0 Å². The van der Waals surface area contributed by atoms with Gasteiger partial charge in [-0.25, -0.2) is 0 Å². The Labute approximate surface area is 214 Å². The lowest BCUT2D eigenvalue weighted by Crippen LogP contribution is -2.10. The Morgan fingerprint density at radius 3 is 2.35 bits per heavy atom. The monoisotopic (exact) mass is 491 g/mol. The van der Waals surface area contributed by atoms with Gasteiger partial charge in [-0.15, -0.1) is 0 Å². The highest BCUT2D eigenvalue weighted by atomic mass is 16.5. The number of anilines is 1. The molecular formula is C30H25N3O4. The van der Waals surface area contributed by atoms with Crippen LogP contribution in [0, 0.1) is 13.8 Å². The third-order valence-electron chi connectivity index (χ3n) is 5.90.